The Balaban J connectivity index is 2.37. The molecule has 0 aromatic heterocycles. The molecule has 0 radical (unpaired) electrons. The number of nitrogens with zero attached hydrogens (tertiary/aromatic N) is 1. The van der Waals surface area contributed by atoms with Crippen molar-refractivity contribution < 1.29 is 13.0 Å². The van der Waals surface area contributed by atoms with E-state index < -0.39 is 10.1 Å². The highest BCUT2D eigenvalue weighted by atomic mass is 32.2. The SMILES string of the molecule is O=S(=O)(O)CCN1CCCC1=S. The average Bonchev–Trinajstić information content (AvgIpc) is 2.29. The zero-order chi connectivity index (χ0) is 9.19. The average molecular weight is 209 g/mol. The molecule has 0 bridgehead atoms. The summed E-state index contributed by atoms with van der Waals surface area (Å²) in [5, 5.41) is 0. The van der Waals surface area contributed by atoms with Crippen LogP contribution in [0.5, 0.6) is 0 Å². The van der Waals surface area contributed by atoms with Gasteiger partial charge in [-0.1, -0.05) is 12.2 Å². The maximum Gasteiger partial charge on any atom is 0.266 e. The fraction of sp³-hybridized carbons (Fsp3) is 0.833. The lowest BCUT2D eigenvalue weighted by Gasteiger charge is -2.15. The van der Waals surface area contributed by atoms with Gasteiger partial charge in [-0.25, -0.2) is 0 Å². The predicted molar refractivity (Wildman–Crippen MR) is 49.8 cm³/mol. The van der Waals surface area contributed by atoms with Gasteiger partial charge in [0.2, 0.25) is 0 Å². The molecule has 0 aliphatic carbocycles. The summed E-state index contributed by atoms with van der Waals surface area (Å²) >= 11 is 4.98. The number of hydrogen-bond acceptors (Lipinski definition) is 3. The first kappa shape index (κ1) is 9.88. The number of rotatable bonds is 3. The Morgan fingerprint density at radius 1 is 1.58 bits per heavy atom. The van der Waals surface area contributed by atoms with Gasteiger partial charge in [0.25, 0.3) is 10.1 Å². The minimum atomic E-state index is -3.84. The minimum absolute atomic E-state index is 0.229. The first-order valence-corrected chi connectivity index (χ1v) is 5.74. The second kappa shape index (κ2) is 3.68. The first-order valence-electron chi connectivity index (χ1n) is 3.72. The van der Waals surface area contributed by atoms with Crippen LogP contribution in [0.1, 0.15) is 12.8 Å². The highest BCUT2D eigenvalue weighted by Gasteiger charge is 2.17. The Kier molecular flexibility index (Phi) is 3.03. The first-order chi connectivity index (χ1) is 5.49. The Morgan fingerprint density at radius 2 is 2.25 bits per heavy atom. The number of hydrogen-bond donors (Lipinski definition) is 1. The molecule has 0 aromatic carbocycles. The summed E-state index contributed by atoms with van der Waals surface area (Å²) in [6, 6.07) is 0. The van der Waals surface area contributed by atoms with Crippen LogP contribution in [0.25, 0.3) is 0 Å². The van der Waals surface area contributed by atoms with Crippen molar-refractivity contribution in [1.29, 1.82) is 0 Å². The fourth-order valence-electron chi connectivity index (χ4n) is 1.17. The summed E-state index contributed by atoms with van der Waals surface area (Å²) in [6.45, 7) is 1.13. The van der Waals surface area contributed by atoms with E-state index in [1.165, 1.54) is 0 Å². The predicted octanol–water partition coefficient (Wildman–Crippen LogP) is 0.297. The summed E-state index contributed by atoms with van der Waals surface area (Å²) in [4.78, 5) is 2.63. The van der Waals surface area contributed by atoms with Crippen molar-refractivity contribution in [2.45, 2.75) is 12.8 Å². The highest BCUT2D eigenvalue weighted by Crippen LogP contribution is 2.10. The quantitative estimate of drug-likeness (QED) is 0.535. The van der Waals surface area contributed by atoms with Crippen LogP contribution in [0.15, 0.2) is 0 Å². The molecule has 6 heteroatoms. The van der Waals surface area contributed by atoms with Crippen LogP contribution >= 0.6 is 12.2 Å². The monoisotopic (exact) mass is 209 g/mol. The Bertz CT molecular complexity index is 273. The van der Waals surface area contributed by atoms with Gasteiger partial charge < -0.3 is 4.90 Å². The molecule has 0 atom stereocenters. The molecule has 1 fully saturated rings. The molecule has 0 amide bonds. The lowest BCUT2D eigenvalue weighted by atomic mass is 10.4. The van der Waals surface area contributed by atoms with Crippen molar-refractivity contribution in [2.75, 3.05) is 18.8 Å². The van der Waals surface area contributed by atoms with E-state index >= 15 is 0 Å². The van der Waals surface area contributed by atoms with Crippen LogP contribution in [-0.4, -0.2) is 41.7 Å². The van der Waals surface area contributed by atoms with E-state index in [0.29, 0.717) is 6.54 Å². The van der Waals surface area contributed by atoms with Gasteiger partial charge in [0.1, 0.15) is 0 Å². The molecule has 12 heavy (non-hydrogen) atoms. The van der Waals surface area contributed by atoms with Crippen molar-refractivity contribution in [2.24, 2.45) is 0 Å². The largest absolute Gasteiger partial charge is 0.365 e. The van der Waals surface area contributed by atoms with Gasteiger partial charge in [-0.15, -0.1) is 0 Å². The second-order valence-electron chi connectivity index (χ2n) is 2.77. The molecule has 1 rings (SSSR count). The van der Waals surface area contributed by atoms with Gasteiger partial charge in [0.15, 0.2) is 0 Å². The maximum atomic E-state index is 10.4. The Labute approximate surface area is 77.3 Å². The normalized spacial score (nSPS) is 18.8. The van der Waals surface area contributed by atoms with Crippen LogP contribution in [0.4, 0.5) is 0 Å². The molecular weight excluding hydrogens is 198 g/mol. The summed E-state index contributed by atoms with van der Waals surface area (Å²) in [6.07, 6.45) is 1.85. The van der Waals surface area contributed by atoms with Crippen LogP contribution in [0, 0.1) is 0 Å². The smallest absolute Gasteiger partial charge is 0.266 e. The van der Waals surface area contributed by atoms with Crippen LogP contribution in [-0.2, 0) is 10.1 Å². The van der Waals surface area contributed by atoms with E-state index in [4.69, 9.17) is 16.8 Å². The molecule has 0 unspecified atom stereocenters. The minimum Gasteiger partial charge on any atom is -0.365 e. The molecule has 0 aromatic rings. The van der Waals surface area contributed by atoms with E-state index in [0.717, 1.165) is 24.4 Å². The zero-order valence-corrected chi connectivity index (χ0v) is 8.20. The van der Waals surface area contributed by atoms with Gasteiger partial charge in [0, 0.05) is 13.1 Å². The van der Waals surface area contributed by atoms with E-state index in [9.17, 15) is 8.42 Å². The topological polar surface area (TPSA) is 57.6 Å². The summed E-state index contributed by atoms with van der Waals surface area (Å²) < 4.78 is 29.2. The summed E-state index contributed by atoms with van der Waals surface area (Å²) in [7, 11) is -3.84. The Hall–Kier alpha value is -0.200. The zero-order valence-electron chi connectivity index (χ0n) is 6.56. The molecule has 1 heterocycles. The molecular formula is C6H11NO3S2. The maximum absolute atomic E-state index is 10.4. The van der Waals surface area contributed by atoms with Crippen molar-refractivity contribution in [3.8, 4) is 0 Å². The molecule has 1 saturated heterocycles. The van der Waals surface area contributed by atoms with Gasteiger partial charge >= 0.3 is 0 Å². The summed E-state index contributed by atoms with van der Waals surface area (Å²) in [5.41, 5.74) is 0. The lowest BCUT2D eigenvalue weighted by Crippen LogP contribution is -2.29. The number of thiocarbonyl (C=S) groups is 1. The third-order valence-corrected chi connectivity index (χ3v) is 2.95. The molecule has 4 nitrogen and oxygen atoms in total. The molecule has 0 saturated carbocycles. The Morgan fingerprint density at radius 3 is 2.67 bits per heavy atom. The van der Waals surface area contributed by atoms with E-state index in [-0.39, 0.29) is 5.75 Å². The standard InChI is InChI=1S/C6H11NO3S2/c8-12(9,10)5-4-7-3-1-2-6(7)11/h1-5H2,(H,8,9,10). The second-order valence-corrected chi connectivity index (χ2v) is 4.81. The molecule has 1 aliphatic heterocycles. The van der Waals surface area contributed by atoms with Crippen molar-refractivity contribution >= 4 is 27.3 Å². The number of likely N-dealkylation sites (tertiary alicyclic amines) is 1. The molecule has 0 spiro atoms. The van der Waals surface area contributed by atoms with Gasteiger partial charge in [-0.05, 0) is 12.8 Å². The molecule has 1 aliphatic rings. The third kappa shape index (κ3) is 3.04. The molecule has 70 valence electrons. The third-order valence-electron chi connectivity index (χ3n) is 1.79. The van der Waals surface area contributed by atoms with Crippen molar-refractivity contribution in [3.05, 3.63) is 0 Å². The molecule has 1 N–H and O–H groups in total. The fourth-order valence-corrected chi connectivity index (χ4v) is 1.94. The van der Waals surface area contributed by atoms with E-state index in [1.54, 1.807) is 0 Å². The van der Waals surface area contributed by atoms with Crippen LogP contribution in [0.2, 0.25) is 0 Å². The van der Waals surface area contributed by atoms with Crippen LogP contribution < -0.4 is 0 Å². The van der Waals surface area contributed by atoms with Gasteiger partial charge in [-0.2, -0.15) is 8.42 Å². The van der Waals surface area contributed by atoms with E-state index in [2.05, 4.69) is 0 Å². The lowest BCUT2D eigenvalue weighted by molar-refractivity contribution is 0.451. The van der Waals surface area contributed by atoms with E-state index in [1.807, 2.05) is 4.90 Å². The van der Waals surface area contributed by atoms with Crippen molar-refractivity contribution in [1.82, 2.24) is 4.90 Å². The van der Waals surface area contributed by atoms with Gasteiger partial charge in [0.05, 0.1) is 10.7 Å². The van der Waals surface area contributed by atoms with Gasteiger partial charge in [-0.3, -0.25) is 4.55 Å². The highest BCUT2D eigenvalue weighted by molar-refractivity contribution is 7.85. The van der Waals surface area contributed by atoms with Crippen LogP contribution in [0.3, 0.4) is 0 Å². The summed E-state index contributed by atoms with van der Waals surface area (Å²) in [5.74, 6) is -0.229. The van der Waals surface area contributed by atoms with Crippen molar-refractivity contribution in [3.63, 3.8) is 0 Å².